The Morgan fingerprint density at radius 1 is 1.37 bits per heavy atom. The van der Waals surface area contributed by atoms with Crippen LogP contribution < -0.4 is 5.32 Å². The van der Waals surface area contributed by atoms with E-state index in [0.717, 1.165) is 17.7 Å². The van der Waals surface area contributed by atoms with Gasteiger partial charge in [-0.2, -0.15) is 13.2 Å². The molecule has 0 aromatic heterocycles. The Labute approximate surface area is 109 Å². The van der Waals surface area contributed by atoms with Gasteiger partial charge in [-0.1, -0.05) is 0 Å². The first-order chi connectivity index (χ1) is 8.63. The van der Waals surface area contributed by atoms with Crippen LogP contribution in [0, 0.1) is 5.92 Å². The van der Waals surface area contributed by atoms with Crippen molar-refractivity contribution < 1.29 is 22.8 Å². The van der Waals surface area contributed by atoms with Gasteiger partial charge in [-0.3, -0.25) is 9.59 Å². The van der Waals surface area contributed by atoms with E-state index in [0.29, 0.717) is 0 Å². The third-order valence-electron chi connectivity index (χ3n) is 3.86. The van der Waals surface area contributed by atoms with Crippen LogP contribution in [0.1, 0.15) is 33.1 Å². The van der Waals surface area contributed by atoms with Crippen molar-refractivity contribution in [2.45, 2.75) is 50.9 Å². The summed E-state index contributed by atoms with van der Waals surface area (Å²) in [6, 6.07) is -0.741. The fourth-order valence-electron chi connectivity index (χ4n) is 2.63. The van der Waals surface area contributed by atoms with E-state index in [1.807, 2.05) is 0 Å². The van der Waals surface area contributed by atoms with Crippen molar-refractivity contribution in [1.82, 2.24) is 10.2 Å². The number of nitrogens with zero attached hydrogens (tertiary/aromatic N) is 1. The van der Waals surface area contributed by atoms with Gasteiger partial charge < -0.3 is 10.2 Å². The zero-order chi connectivity index (χ0) is 14.4. The highest BCUT2D eigenvalue weighted by molar-refractivity contribution is 5.94. The second-order valence-corrected chi connectivity index (χ2v) is 5.63. The van der Waals surface area contributed by atoms with Crippen molar-refractivity contribution in [2.24, 2.45) is 5.92 Å². The van der Waals surface area contributed by atoms with Crippen LogP contribution in [0.25, 0.3) is 0 Å². The summed E-state index contributed by atoms with van der Waals surface area (Å²) < 4.78 is 37.8. The molecule has 0 aromatic rings. The summed E-state index contributed by atoms with van der Waals surface area (Å²) in [6.07, 6.45) is -3.03. The van der Waals surface area contributed by atoms with Gasteiger partial charge in [-0.25, -0.2) is 0 Å². The van der Waals surface area contributed by atoms with Crippen LogP contribution in [0.5, 0.6) is 0 Å². The molecule has 2 unspecified atom stereocenters. The lowest BCUT2D eigenvalue weighted by Gasteiger charge is -2.34. The second kappa shape index (κ2) is 4.38. The fourth-order valence-corrected chi connectivity index (χ4v) is 2.63. The van der Waals surface area contributed by atoms with E-state index in [9.17, 15) is 22.8 Å². The van der Waals surface area contributed by atoms with E-state index in [4.69, 9.17) is 0 Å². The predicted octanol–water partition coefficient (Wildman–Crippen LogP) is 1.45. The molecule has 2 amide bonds. The number of nitrogens with one attached hydrogen (secondary N) is 1. The number of rotatable bonds is 2. The molecule has 7 heteroatoms. The molecule has 4 nitrogen and oxygen atoms in total. The summed E-state index contributed by atoms with van der Waals surface area (Å²) in [5, 5.41) is 2.62. The van der Waals surface area contributed by atoms with Crippen molar-refractivity contribution in [1.29, 1.82) is 0 Å². The van der Waals surface area contributed by atoms with Crippen LogP contribution in [0.2, 0.25) is 0 Å². The smallest absolute Gasteiger partial charge is 0.342 e. The van der Waals surface area contributed by atoms with Crippen LogP contribution in [-0.4, -0.2) is 41.0 Å². The van der Waals surface area contributed by atoms with Crippen LogP contribution in [-0.2, 0) is 9.59 Å². The van der Waals surface area contributed by atoms with Gasteiger partial charge in [-0.05, 0) is 32.6 Å². The molecule has 2 fully saturated rings. The molecule has 2 atom stereocenters. The molecule has 1 saturated heterocycles. The zero-order valence-electron chi connectivity index (χ0n) is 10.9. The number of amides is 2. The van der Waals surface area contributed by atoms with E-state index in [-0.39, 0.29) is 18.2 Å². The molecule has 2 aliphatic rings. The first-order valence-electron chi connectivity index (χ1n) is 6.32. The minimum absolute atomic E-state index is 0.0509. The molecule has 0 bridgehead atoms. The number of hydrogen-bond acceptors (Lipinski definition) is 2. The van der Waals surface area contributed by atoms with Gasteiger partial charge >= 0.3 is 6.18 Å². The molecule has 2 rings (SSSR count). The highest BCUT2D eigenvalue weighted by atomic mass is 19.4. The molecule has 1 saturated carbocycles. The van der Waals surface area contributed by atoms with Crippen molar-refractivity contribution >= 4 is 11.8 Å². The van der Waals surface area contributed by atoms with Gasteiger partial charge in [0.25, 0.3) is 0 Å². The van der Waals surface area contributed by atoms with Gasteiger partial charge in [-0.15, -0.1) is 0 Å². The zero-order valence-corrected chi connectivity index (χ0v) is 10.9. The van der Waals surface area contributed by atoms with Crippen molar-refractivity contribution in [2.75, 3.05) is 6.54 Å². The van der Waals surface area contributed by atoms with Gasteiger partial charge in [0.05, 0.1) is 0 Å². The monoisotopic (exact) mass is 278 g/mol. The van der Waals surface area contributed by atoms with E-state index >= 15 is 0 Å². The molecule has 19 heavy (non-hydrogen) atoms. The number of alkyl halides is 3. The summed E-state index contributed by atoms with van der Waals surface area (Å²) >= 11 is 0. The molecular formula is C12H17F3N2O2. The second-order valence-electron chi connectivity index (χ2n) is 5.63. The molecule has 0 aromatic carbocycles. The first-order valence-corrected chi connectivity index (χ1v) is 6.32. The third kappa shape index (κ3) is 2.84. The Morgan fingerprint density at radius 2 is 1.95 bits per heavy atom. The van der Waals surface area contributed by atoms with Gasteiger partial charge in [0, 0.05) is 12.5 Å². The maximum Gasteiger partial charge on any atom is 0.406 e. The lowest BCUT2D eigenvalue weighted by atomic mass is 9.94. The molecular weight excluding hydrogens is 261 g/mol. The number of halogens is 3. The third-order valence-corrected chi connectivity index (χ3v) is 3.86. The standard InChI is InChI=1S/C12H17F3N2O2/c1-7-5-9(18)16-11(2,8-3-4-8)10(19)17(7)6-12(13,14)15/h7-8H,3-6H2,1-2H3,(H,16,18). The SMILES string of the molecule is CC1CC(=O)NC(C)(C2CC2)C(=O)N1CC(F)(F)F. The van der Waals surface area contributed by atoms with Gasteiger partial charge in [0.2, 0.25) is 11.8 Å². The quantitative estimate of drug-likeness (QED) is 0.831. The largest absolute Gasteiger partial charge is 0.406 e. The Bertz CT molecular complexity index is 406. The van der Waals surface area contributed by atoms with Gasteiger partial charge in [0.15, 0.2) is 0 Å². The minimum atomic E-state index is -4.46. The summed E-state index contributed by atoms with van der Waals surface area (Å²) in [6.45, 7) is 1.71. The van der Waals surface area contributed by atoms with Crippen LogP contribution in [0.4, 0.5) is 13.2 Å². The summed E-state index contributed by atoms with van der Waals surface area (Å²) in [5.74, 6) is -1.03. The molecule has 1 N–H and O–H groups in total. The summed E-state index contributed by atoms with van der Waals surface area (Å²) in [5.41, 5.74) is -1.19. The molecule has 0 spiro atoms. The Kier molecular flexibility index (Phi) is 3.26. The first kappa shape index (κ1) is 14.1. The summed E-state index contributed by atoms with van der Waals surface area (Å²) in [4.78, 5) is 24.9. The van der Waals surface area contributed by atoms with Crippen molar-refractivity contribution in [3.05, 3.63) is 0 Å². The van der Waals surface area contributed by atoms with Crippen molar-refractivity contribution in [3.63, 3.8) is 0 Å². The average molecular weight is 278 g/mol. The molecule has 108 valence electrons. The summed E-state index contributed by atoms with van der Waals surface area (Å²) in [7, 11) is 0. The van der Waals surface area contributed by atoms with Crippen LogP contribution in [0.3, 0.4) is 0 Å². The Hall–Kier alpha value is -1.27. The normalized spacial score (nSPS) is 33.1. The lowest BCUT2D eigenvalue weighted by molar-refractivity contribution is -0.168. The Morgan fingerprint density at radius 3 is 2.42 bits per heavy atom. The van der Waals surface area contributed by atoms with E-state index < -0.39 is 30.2 Å². The number of carbonyl (C=O) groups is 2. The highest BCUT2D eigenvalue weighted by Gasteiger charge is 2.53. The van der Waals surface area contributed by atoms with E-state index in [1.54, 1.807) is 0 Å². The molecule has 1 heterocycles. The van der Waals surface area contributed by atoms with Crippen LogP contribution >= 0.6 is 0 Å². The number of carbonyl (C=O) groups excluding carboxylic acids is 2. The minimum Gasteiger partial charge on any atom is -0.342 e. The Balaban J connectivity index is 2.29. The average Bonchev–Trinajstić information content (AvgIpc) is 3.05. The van der Waals surface area contributed by atoms with E-state index in [2.05, 4.69) is 5.32 Å². The maximum atomic E-state index is 12.6. The van der Waals surface area contributed by atoms with Crippen molar-refractivity contribution in [3.8, 4) is 0 Å². The van der Waals surface area contributed by atoms with E-state index in [1.165, 1.54) is 13.8 Å². The predicted molar refractivity (Wildman–Crippen MR) is 61.1 cm³/mol. The highest BCUT2D eigenvalue weighted by Crippen LogP contribution is 2.42. The van der Waals surface area contributed by atoms with Crippen LogP contribution in [0.15, 0.2) is 0 Å². The maximum absolute atomic E-state index is 12.6. The number of hydrogen-bond donors (Lipinski definition) is 1. The molecule has 1 aliphatic carbocycles. The molecule has 0 radical (unpaired) electrons. The lowest BCUT2D eigenvalue weighted by Crippen LogP contribution is -2.58. The molecule has 1 aliphatic heterocycles. The van der Waals surface area contributed by atoms with Gasteiger partial charge in [0.1, 0.15) is 12.1 Å². The fraction of sp³-hybridized carbons (Fsp3) is 0.833. The topological polar surface area (TPSA) is 49.4 Å².